The zero-order valence-corrected chi connectivity index (χ0v) is 8.06. The Morgan fingerprint density at radius 3 is 2.62 bits per heavy atom. The lowest BCUT2D eigenvalue weighted by atomic mass is 10.0. The van der Waals surface area contributed by atoms with E-state index in [0.29, 0.717) is 11.1 Å². The summed E-state index contributed by atoms with van der Waals surface area (Å²) < 4.78 is 13.0. The molecule has 2 N–H and O–H groups in total. The van der Waals surface area contributed by atoms with Gasteiger partial charge in [-0.05, 0) is 38.6 Å². The normalized spacial score (nSPS) is 12.9. The molecular weight excluding hydrogens is 169 g/mol. The molecule has 0 saturated carbocycles. The maximum Gasteiger partial charge on any atom is 0.124 e. The monoisotopic (exact) mass is 183 g/mol. The molecule has 3 heteroatoms. The minimum Gasteiger partial charge on any atom is -0.507 e. The Morgan fingerprint density at radius 1 is 1.46 bits per heavy atom. The molecule has 0 aliphatic rings. The van der Waals surface area contributed by atoms with Gasteiger partial charge < -0.3 is 10.4 Å². The van der Waals surface area contributed by atoms with Gasteiger partial charge in [-0.2, -0.15) is 0 Å². The summed E-state index contributed by atoms with van der Waals surface area (Å²) in [6.45, 7) is 3.55. The number of phenols is 1. The van der Waals surface area contributed by atoms with Gasteiger partial charge in [-0.3, -0.25) is 0 Å². The van der Waals surface area contributed by atoms with Crippen LogP contribution in [-0.2, 0) is 0 Å². The Hall–Kier alpha value is -1.09. The number of hydrogen-bond donors (Lipinski definition) is 2. The molecule has 0 spiro atoms. The van der Waals surface area contributed by atoms with Crippen LogP contribution in [0.3, 0.4) is 0 Å². The summed E-state index contributed by atoms with van der Waals surface area (Å²) in [5.74, 6) is -0.143. The average Bonchev–Trinajstić information content (AvgIpc) is 2.10. The Bertz CT molecular complexity index is 312. The summed E-state index contributed by atoms with van der Waals surface area (Å²) in [6, 6.07) is 2.62. The quantitative estimate of drug-likeness (QED) is 0.736. The molecule has 0 radical (unpaired) electrons. The molecule has 0 amide bonds. The van der Waals surface area contributed by atoms with Crippen LogP contribution in [0.1, 0.15) is 24.1 Å². The van der Waals surface area contributed by atoms with Gasteiger partial charge in [0.25, 0.3) is 0 Å². The summed E-state index contributed by atoms with van der Waals surface area (Å²) in [5, 5.41) is 12.6. The van der Waals surface area contributed by atoms with Crippen molar-refractivity contribution in [2.45, 2.75) is 19.9 Å². The fourth-order valence-electron chi connectivity index (χ4n) is 1.25. The number of phenolic OH excluding ortho intramolecular Hbond substituents is 1. The largest absolute Gasteiger partial charge is 0.507 e. The predicted molar refractivity (Wildman–Crippen MR) is 50.3 cm³/mol. The van der Waals surface area contributed by atoms with Crippen LogP contribution in [0.25, 0.3) is 0 Å². The average molecular weight is 183 g/mol. The number of halogens is 1. The molecule has 0 aromatic heterocycles. The summed E-state index contributed by atoms with van der Waals surface area (Å²) in [5.41, 5.74) is 1.16. The molecule has 0 aliphatic heterocycles. The van der Waals surface area contributed by atoms with Gasteiger partial charge in [-0.1, -0.05) is 0 Å². The minimum absolute atomic E-state index is 0.0469. The molecule has 0 heterocycles. The number of aromatic hydroxyl groups is 1. The van der Waals surface area contributed by atoms with E-state index in [1.54, 1.807) is 14.0 Å². The highest BCUT2D eigenvalue weighted by Gasteiger charge is 2.11. The van der Waals surface area contributed by atoms with Crippen molar-refractivity contribution >= 4 is 0 Å². The summed E-state index contributed by atoms with van der Waals surface area (Å²) in [4.78, 5) is 0. The third-order valence-electron chi connectivity index (χ3n) is 2.19. The number of nitrogens with one attached hydrogen (secondary N) is 1. The molecule has 0 bridgehead atoms. The zero-order chi connectivity index (χ0) is 10.0. The number of aryl methyl sites for hydroxylation is 1. The zero-order valence-electron chi connectivity index (χ0n) is 8.06. The maximum absolute atomic E-state index is 13.0. The number of benzene rings is 1. The molecule has 1 aromatic carbocycles. The van der Waals surface area contributed by atoms with Gasteiger partial charge in [0.1, 0.15) is 11.6 Å². The molecule has 1 aromatic rings. The molecule has 1 unspecified atom stereocenters. The summed E-state index contributed by atoms with van der Waals surface area (Å²) in [7, 11) is 1.77. The van der Waals surface area contributed by atoms with Gasteiger partial charge in [0.05, 0.1) is 0 Å². The Morgan fingerprint density at radius 2 is 2.08 bits per heavy atom. The van der Waals surface area contributed by atoms with Gasteiger partial charge in [-0.25, -0.2) is 4.39 Å². The third-order valence-corrected chi connectivity index (χ3v) is 2.19. The molecule has 2 nitrogen and oxygen atoms in total. The van der Waals surface area contributed by atoms with Crippen molar-refractivity contribution < 1.29 is 9.50 Å². The molecule has 0 saturated heterocycles. The van der Waals surface area contributed by atoms with Crippen LogP contribution in [0.5, 0.6) is 5.75 Å². The van der Waals surface area contributed by atoms with E-state index >= 15 is 0 Å². The van der Waals surface area contributed by atoms with Crippen LogP contribution in [0.2, 0.25) is 0 Å². The SMILES string of the molecule is CNC(C)c1cc(F)cc(C)c1O. The standard InChI is InChI=1S/C10H14FNO/c1-6-4-8(11)5-9(10(6)13)7(2)12-3/h4-5,7,12-13H,1-3H3. The van der Waals surface area contributed by atoms with Crippen LogP contribution >= 0.6 is 0 Å². The maximum atomic E-state index is 13.0. The minimum atomic E-state index is -0.313. The second kappa shape index (κ2) is 3.75. The van der Waals surface area contributed by atoms with E-state index in [2.05, 4.69) is 5.32 Å². The van der Waals surface area contributed by atoms with Crippen LogP contribution < -0.4 is 5.32 Å². The van der Waals surface area contributed by atoms with Crippen molar-refractivity contribution in [3.8, 4) is 5.75 Å². The smallest absolute Gasteiger partial charge is 0.124 e. The highest BCUT2D eigenvalue weighted by molar-refractivity contribution is 5.41. The first-order chi connectivity index (χ1) is 6.06. The van der Waals surface area contributed by atoms with Gasteiger partial charge in [0, 0.05) is 11.6 Å². The van der Waals surface area contributed by atoms with Gasteiger partial charge in [-0.15, -0.1) is 0 Å². The molecule has 72 valence electrons. The fourth-order valence-corrected chi connectivity index (χ4v) is 1.25. The first-order valence-electron chi connectivity index (χ1n) is 4.22. The number of rotatable bonds is 2. The Balaban J connectivity index is 3.20. The van der Waals surface area contributed by atoms with Gasteiger partial charge in [0.2, 0.25) is 0 Å². The second-order valence-corrected chi connectivity index (χ2v) is 3.17. The van der Waals surface area contributed by atoms with Crippen molar-refractivity contribution in [1.29, 1.82) is 0 Å². The lowest BCUT2D eigenvalue weighted by Crippen LogP contribution is -2.13. The molecular formula is C10H14FNO. The molecule has 0 aliphatic carbocycles. The van der Waals surface area contributed by atoms with E-state index in [0.717, 1.165) is 0 Å². The molecule has 1 atom stereocenters. The molecule has 0 fully saturated rings. The van der Waals surface area contributed by atoms with Gasteiger partial charge >= 0.3 is 0 Å². The topological polar surface area (TPSA) is 32.3 Å². The van der Waals surface area contributed by atoms with Crippen molar-refractivity contribution in [3.05, 3.63) is 29.1 Å². The highest BCUT2D eigenvalue weighted by Crippen LogP contribution is 2.28. The van der Waals surface area contributed by atoms with Crippen molar-refractivity contribution in [2.24, 2.45) is 0 Å². The van der Waals surface area contributed by atoms with Crippen LogP contribution in [0.4, 0.5) is 4.39 Å². The molecule has 1 rings (SSSR count). The first kappa shape index (κ1) is 9.99. The van der Waals surface area contributed by atoms with E-state index in [1.165, 1.54) is 12.1 Å². The fraction of sp³-hybridized carbons (Fsp3) is 0.400. The lowest BCUT2D eigenvalue weighted by Gasteiger charge is -2.14. The van der Waals surface area contributed by atoms with Crippen molar-refractivity contribution in [3.63, 3.8) is 0 Å². The first-order valence-corrected chi connectivity index (χ1v) is 4.22. The van der Waals surface area contributed by atoms with E-state index in [1.807, 2.05) is 6.92 Å². The van der Waals surface area contributed by atoms with Gasteiger partial charge in [0.15, 0.2) is 0 Å². The van der Waals surface area contributed by atoms with Crippen molar-refractivity contribution in [1.82, 2.24) is 5.32 Å². The Kier molecular flexibility index (Phi) is 2.88. The van der Waals surface area contributed by atoms with E-state index in [-0.39, 0.29) is 17.6 Å². The Labute approximate surface area is 77.4 Å². The molecule has 13 heavy (non-hydrogen) atoms. The third kappa shape index (κ3) is 1.98. The van der Waals surface area contributed by atoms with Crippen LogP contribution in [-0.4, -0.2) is 12.2 Å². The number of hydrogen-bond acceptors (Lipinski definition) is 2. The van der Waals surface area contributed by atoms with Crippen molar-refractivity contribution in [2.75, 3.05) is 7.05 Å². The van der Waals surface area contributed by atoms with E-state index in [9.17, 15) is 9.50 Å². The van der Waals surface area contributed by atoms with E-state index < -0.39 is 0 Å². The summed E-state index contributed by atoms with van der Waals surface area (Å²) in [6.07, 6.45) is 0. The predicted octanol–water partition coefficient (Wildman–Crippen LogP) is 2.12. The van der Waals surface area contributed by atoms with E-state index in [4.69, 9.17) is 0 Å². The second-order valence-electron chi connectivity index (χ2n) is 3.17. The van der Waals surface area contributed by atoms with Crippen LogP contribution in [0.15, 0.2) is 12.1 Å². The highest BCUT2D eigenvalue weighted by atomic mass is 19.1. The van der Waals surface area contributed by atoms with Crippen LogP contribution in [0, 0.1) is 12.7 Å². The summed E-state index contributed by atoms with van der Waals surface area (Å²) >= 11 is 0. The lowest BCUT2D eigenvalue weighted by molar-refractivity contribution is 0.450.